The molecule has 1 aromatic heterocycles. The Morgan fingerprint density at radius 1 is 0.840 bits per heavy atom. The van der Waals surface area contributed by atoms with Crippen LogP contribution in [-0.2, 0) is 12.4 Å². The maximum Gasteiger partial charge on any atom is 0.253 e. The van der Waals surface area contributed by atoms with Gasteiger partial charge in [0.1, 0.15) is 0 Å². The number of alkyl halides is 9. The fourth-order valence-corrected chi connectivity index (χ4v) is 2.19. The fourth-order valence-electron chi connectivity index (χ4n) is 1.38. The highest BCUT2D eigenvalue weighted by atomic mass is 35.6. The smallest absolute Gasteiger partial charge is 0.253 e. The Kier molecular flexibility index (Phi) is 8.08. The van der Waals surface area contributed by atoms with Crippen molar-refractivity contribution in [3.05, 3.63) is 23.7 Å². The van der Waals surface area contributed by atoms with Crippen LogP contribution in [0.3, 0.4) is 0 Å². The molecule has 0 N–H and O–H groups in total. The van der Waals surface area contributed by atoms with E-state index in [0.29, 0.717) is 0 Å². The van der Waals surface area contributed by atoms with Gasteiger partial charge in [-0.25, -0.2) is 15.0 Å². The fraction of sp³-hybridized carbons (Fsp3) is 0.455. The Morgan fingerprint density at radius 3 is 1.52 bits per heavy atom. The normalized spacial score (nSPS) is 13.8. The topological polar surface area (TPSA) is 59.0 Å². The second kappa shape index (κ2) is 8.46. The number of Topliss-reactive ketones (excluding diaryl/α,β-unsaturated/α-hetero) is 1. The molecule has 0 fully saturated rings. The van der Waals surface area contributed by atoms with Gasteiger partial charge in [0.05, 0.1) is 5.57 Å². The van der Waals surface area contributed by atoms with Crippen LogP contribution in [0.25, 0.3) is 5.57 Å². The van der Waals surface area contributed by atoms with Gasteiger partial charge in [0.25, 0.3) is 3.79 Å². The Morgan fingerprint density at radius 2 is 1.24 bits per heavy atom. The van der Waals surface area contributed by atoms with E-state index >= 15 is 0 Å². The van der Waals surface area contributed by atoms with Crippen LogP contribution in [0.5, 0.6) is 0 Å². The molecule has 14 heteroatoms. The van der Waals surface area contributed by atoms with Gasteiger partial charge in [0.2, 0.25) is 13.4 Å². The zero-order chi connectivity index (χ0) is 19.8. The summed E-state index contributed by atoms with van der Waals surface area (Å²) in [6.07, 6.45) is 1.30. The first-order valence-electron chi connectivity index (χ1n) is 5.94. The third-order valence-corrected chi connectivity index (χ3v) is 3.80. The molecule has 0 aliphatic rings. The zero-order valence-corrected chi connectivity index (χ0v) is 19.0. The summed E-state index contributed by atoms with van der Waals surface area (Å²) >= 11 is 51.7. The Bertz CT molecular complexity index is 656. The van der Waals surface area contributed by atoms with E-state index in [1.54, 1.807) is 14.1 Å². The van der Waals surface area contributed by atoms with Gasteiger partial charge < -0.3 is 4.90 Å². The van der Waals surface area contributed by atoms with Gasteiger partial charge in [-0.3, -0.25) is 4.79 Å². The van der Waals surface area contributed by atoms with Gasteiger partial charge in [-0.05, 0) is 0 Å². The van der Waals surface area contributed by atoms with Crippen molar-refractivity contribution in [3.8, 4) is 0 Å². The van der Waals surface area contributed by atoms with Crippen LogP contribution < -0.4 is 0 Å². The highest BCUT2D eigenvalue weighted by molar-refractivity contribution is 6.79. The molecule has 0 unspecified atom stereocenters. The quantitative estimate of drug-likeness (QED) is 0.389. The summed E-state index contributed by atoms with van der Waals surface area (Å²) < 4.78 is -6.47. The molecule has 0 aliphatic heterocycles. The van der Waals surface area contributed by atoms with Crippen LogP contribution in [0, 0.1) is 0 Å². The maximum atomic E-state index is 12.4. The maximum absolute atomic E-state index is 12.4. The standard InChI is InChI=1S/C11H7Cl9N4O/c1-24(2)3-4(5(25)9(12,13)14)6-21-7(10(15,16)17)23-8(22-6)11(18,19)20/h3H,1-2H3. The van der Waals surface area contributed by atoms with Crippen molar-refractivity contribution in [2.75, 3.05) is 14.1 Å². The lowest BCUT2D eigenvalue weighted by molar-refractivity contribution is -0.113. The molecule has 5 nitrogen and oxygen atoms in total. The van der Waals surface area contributed by atoms with Crippen molar-refractivity contribution in [1.82, 2.24) is 19.9 Å². The number of allylic oxidation sites excluding steroid dienone is 1. The number of rotatable bonds is 3. The number of hydrogen-bond acceptors (Lipinski definition) is 5. The molecule has 0 amide bonds. The van der Waals surface area contributed by atoms with E-state index in [-0.39, 0.29) is 23.0 Å². The molecule has 25 heavy (non-hydrogen) atoms. The van der Waals surface area contributed by atoms with E-state index in [9.17, 15) is 4.79 Å². The molecular formula is C11H7Cl9N4O. The molecule has 1 rings (SSSR count). The lowest BCUT2D eigenvalue weighted by Crippen LogP contribution is -2.25. The first kappa shape index (κ1) is 23.9. The largest absolute Gasteiger partial charge is 0.383 e. The molecule has 0 spiro atoms. The first-order chi connectivity index (χ1) is 11.0. The molecule has 140 valence electrons. The van der Waals surface area contributed by atoms with Crippen molar-refractivity contribution < 1.29 is 4.79 Å². The molecule has 0 aliphatic carbocycles. The molecule has 0 radical (unpaired) electrons. The van der Waals surface area contributed by atoms with Crippen molar-refractivity contribution >= 4 is 116 Å². The number of aromatic nitrogens is 3. The van der Waals surface area contributed by atoms with Crippen molar-refractivity contribution in [2.45, 2.75) is 11.4 Å². The van der Waals surface area contributed by atoms with Gasteiger partial charge in [0.15, 0.2) is 17.5 Å². The molecular weight excluding hydrogens is 523 g/mol. The van der Waals surface area contributed by atoms with Crippen LogP contribution in [0.15, 0.2) is 6.20 Å². The van der Waals surface area contributed by atoms with Crippen LogP contribution >= 0.6 is 104 Å². The monoisotopic (exact) mass is 526 g/mol. The van der Waals surface area contributed by atoms with Crippen molar-refractivity contribution in [3.63, 3.8) is 0 Å². The van der Waals surface area contributed by atoms with Crippen molar-refractivity contribution in [2.24, 2.45) is 0 Å². The summed E-state index contributed by atoms with van der Waals surface area (Å²) in [5.41, 5.74) is -0.224. The number of carbonyl (C=O) groups is 1. The summed E-state index contributed by atoms with van der Waals surface area (Å²) in [5, 5.41) is 0. The minimum absolute atomic E-state index is 0.224. The van der Waals surface area contributed by atoms with E-state index in [2.05, 4.69) is 15.0 Å². The highest BCUT2D eigenvalue weighted by Gasteiger charge is 2.39. The van der Waals surface area contributed by atoms with E-state index in [4.69, 9.17) is 104 Å². The van der Waals surface area contributed by atoms with E-state index in [1.165, 1.54) is 11.1 Å². The number of hydrogen-bond donors (Lipinski definition) is 0. The molecule has 0 bridgehead atoms. The summed E-state index contributed by atoms with van der Waals surface area (Å²) in [7, 11) is 3.22. The van der Waals surface area contributed by atoms with E-state index in [1.807, 2.05) is 0 Å². The van der Waals surface area contributed by atoms with Crippen LogP contribution in [0.2, 0.25) is 0 Å². The summed E-state index contributed by atoms with van der Waals surface area (Å²) in [6, 6.07) is 0. The van der Waals surface area contributed by atoms with Crippen LogP contribution in [0.4, 0.5) is 0 Å². The average molecular weight is 530 g/mol. The minimum atomic E-state index is -2.30. The summed E-state index contributed by atoms with van der Waals surface area (Å²) in [5.74, 6) is -2.01. The van der Waals surface area contributed by atoms with Gasteiger partial charge in [-0.2, -0.15) is 0 Å². The van der Waals surface area contributed by atoms with Gasteiger partial charge in [-0.15, -0.1) is 0 Å². The number of carbonyl (C=O) groups excluding carboxylic acids is 1. The second-order valence-corrected chi connectivity index (χ2v) is 11.5. The Hall–Kier alpha value is 0.830. The second-order valence-electron chi connectivity index (χ2n) is 4.64. The molecule has 1 heterocycles. The van der Waals surface area contributed by atoms with Crippen LogP contribution in [-0.4, -0.2) is 43.5 Å². The SMILES string of the molecule is CN(C)C=C(C(=O)C(Cl)(Cl)Cl)c1nc(C(Cl)(Cl)Cl)nc(C(Cl)(Cl)Cl)n1. The third kappa shape index (κ3) is 7.05. The predicted octanol–water partition coefficient (Wildman–Crippen LogP) is 5.37. The number of halogens is 9. The minimum Gasteiger partial charge on any atom is -0.383 e. The molecule has 0 aromatic carbocycles. The average Bonchev–Trinajstić information content (AvgIpc) is 2.40. The van der Waals surface area contributed by atoms with Gasteiger partial charge in [-0.1, -0.05) is 104 Å². The van der Waals surface area contributed by atoms with Gasteiger partial charge >= 0.3 is 0 Å². The molecule has 0 saturated carbocycles. The van der Waals surface area contributed by atoms with E-state index in [0.717, 1.165) is 0 Å². The number of ketones is 1. The predicted molar refractivity (Wildman–Crippen MR) is 105 cm³/mol. The zero-order valence-electron chi connectivity index (χ0n) is 12.2. The highest BCUT2D eigenvalue weighted by Crippen LogP contribution is 2.41. The van der Waals surface area contributed by atoms with Crippen molar-refractivity contribution in [1.29, 1.82) is 0 Å². The third-order valence-electron chi connectivity index (χ3n) is 2.27. The Balaban J connectivity index is 3.73. The van der Waals surface area contributed by atoms with Gasteiger partial charge in [0, 0.05) is 20.3 Å². The lowest BCUT2D eigenvalue weighted by Gasteiger charge is -2.18. The molecule has 0 atom stereocenters. The number of nitrogens with zero attached hydrogens (tertiary/aromatic N) is 4. The Labute approximate surface area is 188 Å². The lowest BCUT2D eigenvalue weighted by atomic mass is 10.2. The molecule has 1 aromatic rings. The van der Waals surface area contributed by atoms with E-state index < -0.39 is 17.2 Å². The summed E-state index contributed by atoms with van der Waals surface area (Å²) in [6.45, 7) is 0. The summed E-state index contributed by atoms with van der Waals surface area (Å²) in [4.78, 5) is 25.6. The van der Waals surface area contributed by atoms with Crippen LogP contribution in [0.1, 0.15) is 17.5 Å². The first-order valence-corrected chi connectivity index (χ1v) is 9.34. The molecule has 0 saturated heterocycles.